The van der Waals surface area contributed by atoms with Crippen molar-refractivity contribution in [3.05, 3.63) is 105 Å². The van der Waals surface area contributed by atoms with Crippen LogP contribution in [0.3, 0.4) is 0 Å². The number of hydrogen-bond acceptors (Lipinski definition) is 15. The third-order valence-electron chi connectivity index (χ3n) is 23.8. The number of nitrogens with zero attached hydrogens (tertiary/aromatic N) is 3. The molecule has 2 unspecified atom stereocenters. The molecular formula is C82H121N3O13. The van der Waals surface area contributed by atoms with E-state index in [1.165, 1.54) is 196 Å². The number of phenols is 1. The Balaban J connectivity index is 0.000000165. The maximum Gasteiger partial charge on any atom is 0.513 e. The molecule has 16 heteroatoms. The Morgan fingerprint density at radius 2 is 0.959 bits per heavy atom. The highest BCUT2D eigenvalue weighted by Gasteiger charge is 2.73. The number of rotatable bonds is 35. The van der Waals surface area contributed by atoms with Crippen molar-refractivity contribution in [2.24, 2.45) is 11.8 Å². The van der Waals surface area contributed by atoms with E-state index in [2.05, 4.69) is 42.9 Å². The molecule has 13 rings (SSSR count). The molecule has 2 saturated heterocycles. The molecule has 8 atom stereocenters. The van der Waals surface area contributed by atoms with E-state index in [1.807, 2.05) is 12.1 Å². The molecule has 0 aromatic heterocycles. The van der Waals surface area contributed by atoms with Crippen molar-refractivity contribution in [2.75, 3.05) is 39.4 Å². The van der Waals surface area contributed by atoms with Crippen molar-refractivity contribution in [3.63, 3.8) is 0 Å². The number of unbranched alkanes of at least 4 members (excludes halogenated alkanes) is 24. The Hall–Kier alpha value is -5.68. The van der Waals surface area contributed by atoms with Gasteiger partial charge in [0.05, 0.1) is 40.2 Å². The molecule has 3 N–H and O–H groups in total. The van der Waals surface area contributed by atoms with E-state index in [4.69, 9.17) is 29.8 Å². The van der Waals surface area contributed by atoms with Gasteiger partial charge in [-0.15, -0.1) is 0 Å². The number of piperidine rings is 2. The van der Waals surface area contributed by atoms with Gasteiger partial charge in [-0.05, 0) is 161 Å². The number of carbonyl (C=O) groups excluding carboxylic acids is 2. The summed E-state index contributed by atoms with van der Waals surface area (Å²) in [5.74, 6) is 3.69. The summed E-state index contributed by atoms with van der Waals surface area (Å²) in [4.78, 5) is 39.5. The number of aliphatic hydroxyl groups is 2. The van der Waals surface area contributed by atoms with Crippen molar-refractivity contribution in [1.29, 1.82) is 0 Å². The Morgan fingerprint density at radius 1 is 0.571 bits per heavy atom. The highest BCUT2D eigenvalue weighted by atomic mass is 16.7. The third-order valence-corrected chi connectivity index (χ3v) is 23.8. The van der Waals surface area contributed by atoms with E-state index in [1.54, 1.807) is 13.0 Å². The average Bonchev–Trinajstić information content (AvgIpc) is 1.61. The van der Waals surface area contributed by atoms with E-state index < -0.39 is 39.3 Å². The largest absolute Gasteiger partial charge is 0.513 e. The summed E-state index contributed by atoms with van der Waals surface area (Å²) in [6, 6.07) is 13.3. The van der Waals surface area contributed by atoms with Crippen LogP contribution in [0.25, 0.3) is 0 Å². The van der Waals surface area contributed by atoms with Crippen LogP contribution in [0.2, 0.25) is 0 Å². The van der Waals surface area contributed by atoms with Crippen LogP contribution in [-0.4, -0.2) is 117 Å². The fraction of sp³-hybridized carbons (Fsp3) is 0.707. The van der Waals surface area contributed by atoms with Gasteiger partial charge in [0.1, 0.15) is 18.0 Å². The minimum atomic E-state index is -0.863. The molecule has 3 aromatic rings. The van der Waals surface area contributed by atoms with Gasteiger partial charge < -0.3 is 43.7 Å². The molecule has 3 aromatic carbocycles. The number of likely N-dealkylation sites (tertiary alicyclic amines) is 2. The molecule has 4 heterocycles. The van der Waals surface area contributed by atoms with Crippen molar-refractivity contribution < 1.29 is 59.6 Å². The molecule has 98 heavy (non-hydrogen) atoms. The molecule has 4 saturated carbocycles. The molecule has 10 aliphatic rings. The summed E-state index contributed by atoms with van der Waals surface area (Å²) in [7, 11) is 0. The zero-order valence-electron chi connectivity index (χ0n) is 61.1. The lowest BCUT2D eigenvalue weighted by Crippen LogP contribution is -2.75. The minimum absolute atomic E-state index is 0.0484. The highest BCUT2D eigenvalue weighted by molar-refractivity contribution is 5.70. The SMILES string of the molecule is C=C1CC[C@@]2(O)C3Cc4ccc(O)c5c4[C@@]2(CCN3CC2CC2)[C@H]1O5.C=C1CC[C@@]2(O)C3Cc4ccc(OC(=O)OCCCCCCCCCCCCCCC)c5c4[C@@]2(CCN3CC2CC2)[C@H]1O5.CCCCCCCCCCCCCCCOC(=O)Oc1ccc([N+](=O)[O-])cc1.[2H]CC. The maximum absolute atomic E-state index is 12.7. The lowest BCUT2D eigenvalue weighted by Gasteiger charge is -2.63. The van der Waals surface area contributed by atoms with Crippen molar-refractivity contribution >= 4 is 18.0 Å². The molecule has 2 spiro atoms. The standard InChI is InChI=1S/C37H55NO5.C22H35NO5.C21H25NO3.C2H6/c1-3-4-5-6-7-8-9-10-11-12-13-14-15-24-41-35(39)42-30-19-18-29-25-31-37(40)21-20-27(2)34-36(37,32(29)33(30)43-34)22-23-38(31)26-28-16-17-28;1-2-3-4-5-6-7-8-9-10-11-12-13-14-19-27-22(24)28-21-17-15-20(16-18-21)23(25)26;1-12-6-7-21(24)16-10-14-4-5-15(23)18-17(14)20(21,19(12)25-18)8-9-22(16)11-13-2-3-13;1-2/h18-19,28,31,34,40H,2-17,20-26H2,1H3;15-18H,2-14,19H2,1H3;4-5,13,16,19,23-24H,1-3,6-11H2;1-2H3/t31?,34-,36-,37+;;16?,19-,20-,21+;/m0.0./s1/i;;;1D. The smallest absolute Gasteiger partial charge is 0.504 e. The molecule has 542 valence electrons. The molecule has 6 fully saturated rings. The van der Waals surface area contributed by atoms with Gasteiger partial charge in [0.2, 0.25) is 0 Å². The van der Waals surface area contributed by atoms with E-state index in [0.29, 0.717) is 43.8 Å². The molecular weight excluding hydrogens is 1230 g/mol. The van der Waals surface area contributed by atoms with Gasteiger partial charge in [-0.1, -0.05) is 207 Å². The lowest BCUT2D eigenvalue weighted by molar-refractivity contribution is -0.384. The van der Waals surface area contributed by atoms with Gasteiger partial charge in [-0.25, -0.2) is 9.59 Å². The van der Waals surface area contributed by atoms with Gasteiger partial charge in [-0.2, -0.15) is 0 Å². The monoisotopic (exact) mass is 1360 g/mol. The van der Waals surface area contributed by atoms with E-state index in [-0.39, 0.29) is 41.5 Å². The number of hydrogen-bond donors (Lipinski definition) is 3. The average molecular weight is 1360 g/mol. The first-order chi connectivity index (χ1) is 48.1. The second kappa shape index (κ2) is 35.3. The number of non-ortho nitro benzene ring substituents is 1. The zero-order valence-corrected chi connectivity index (χ0v) is 60.1. The van der Waals surface area contributed by atoms with Gasteiger partial charge in [0.15, 0.2) is 23.0 Å². The number of nitro groups is 1. The Bertz CT molecular complexity index is 3150. The number of benzene rings is 3. The van der Waals surface area contributed by atoms with Crippen LogP contribution in [0, 0.1) is 22.0 Å². The van der Waals surface area contributed by atoms with E-state index >= 15 is 0 Å². The first-order valence-electron chi connectivity index (χ1n) is 39.6. The molecule has 4 aliphatic heterocycles. The lowest BCUT2D eigenvalue weighted by atomic mass is 9.48. The van der Waals surface area contributed by atoms with Crippen LogP contribution in [0.1, 0.15) is 282 Å². The Morgan fingerprint density at radius 3 is 1.38 bits per heavy atom. The van der Waals surface area contributed by atoms with Crippen LogP contribution < -0.4 is 18.9 Å². The Labute approximate surface area is 587 Å². The topological polar surface area (TPSA) is 200 Å². The second-order valence-corrected chi connectivity index (χ2v) is 30.4. The normalized spacial score (nSPS) is 26.4. The predicted octanol–water partition coefficient (Wildman–Crippen LogP) is 19.2. The zero-order chi connectivity index (χ0) is 70.0. The van der Waals surface area contributed by atoms with Gasteiger partial charge in [-0.3, -0.25) is 19.9 Å². The maximum atomic E-state index is 12.7. The summed E-state index contributed by atoms with van der Waals surface area (Å²) in [5, 5.41) is 45.6. The van der Waals surface area contributed by atoms with Crippen LogP contribution in [-0.2, 0) is 33.1 Å². The van der Waals surface area contributed by atoms with Gasteiger partial charge in [0, 0.05) is 49.8 Å². The number of ether oxygens (including phenoxy) is 6. The van der Waals surface area contributed by atoms with Crippen LogP contribution >= 0.6 is 0 Å². The van der Waals surface area contributed by atoms with Crippen LogP contribution in [0.4, 0.5) is 15.3 Å². The predicted molar refractivity (Wildman–Crippen MR) is 386 cm³/mol. The number of nitro benzene ring substituents is 1. The van der Waals surface area contributed by atoms with Crippen molar-refractivity contribution in [3.8, 4) is 28.7 Å². The van der Waals surface area contributed by atoms with E-state index in [0.717, 1.165) is 137 Å². The summed E-state index contributed by atoms with van der Waals surface area (Å²) < 4.78 is 40.4. The minimum Gasteiger partial charge on any atom is -0.504 e. The molecule has 0 radical (unpaired) electrons. The number of carbonyl (C=O) groups is 2. The van der Waals surface area contributed by atoms with Crippen molar-refractivity contribution in [1.82, 2.24) is 9.80 Å². The number of aromatic hydroxyl groups is 1. The molecule has 4 bridgehead atoms. The van der Waals surface area contributed by atoms with Gasteiger partial charge in [0.25, 0.3) is 5.69 Å². The summed E-state index contributed by atoms with van der Waals surface area (Å²) >= 11 is 0. The Kier molecular flexibility index (Phi) is 26.5. The summed E-state index contributed by atoms with van der Waals surface area (Å²) in [6.45, 7) is 20.4. The van der Waals surface area contributed by atoms with Crippen molar-refractivity contribution in [2.45, 2.75) is 318 Å². The second-order valence-electron chi connectivity index (χ2n) is 30.4. The van der Waals surface area contributed by atoms with E-state index in [9.17, 15) is 35.0 Å². The highest BCUT2D eigenvalue weighted by Crippen LogP contribution is 2.68. The van der Waals surface area contributed by atoms with Gasteiger partial charge >= 0.3 is 12.3 Å². The fourth-order valence-electron chi connectivity index (χ4n) is 18.3. The quantitative estimate of drug-likeness (QED) is 0.0125. The van der Waals surface area contributed by atoms with Crippen LogP contribution in [0.15, 0.2) is 72.8 Å². The first kappa shape index (κ1) is 73.5. The fourth-order valence-corrected chi connectivity index (χ4v) is 18.3. The summed E-state index contributed by atoms with van der Waals surface area (Å²) in [6.07, 6.45) is 42.9. The third kappa shape index (κ3) is 16.9. The molecule has 6 aliphatic carbocycles. The first-order valence-corrected chi connectivity index (χ1v) is 38.9. The summed E-state index contributed by atoms with van der Waals surface area (Å²) in [5.41, 5.74) is 4.09. The molecule has 0 amide bonds. The molecule has 16 nitrogen and oxygen atoms in total. The number of phenolic OH excluding ortho intramolecular Hbond substituents is 1. The van der Waals surface area contributed by atoms with Crippen LogP contribution in [0.5, 0.6) is 28.7 Å².